The van der Waals surface area contributed by atoms with E-state index in [1.165, 1.54) is 12.0 Å². The summed E-state index contributed by atoms with van der Waals surface area (Å²) < 4.78 is 1.97. The number of likely N-dealkylation sites (tertiary alicyclic amines) is 1. The van der Waals surface area contributed by atoms with E-state index in [0.717, 1.165) is 61.2 Å². The lowest BCUT2D eigenvalue weighted by atomic mass is 9.86. The third-order valence-corrected chi connectivity index (χ3v) is 9.86. The largest absolute Gasteiger partial charge is 0.380 e. The Morgan fingerprint density at radius 1 is 1.07 bits per heavy atom. The number of nitrogens with one attached hydrogen (secondary N) is 2. The second-order valence-corrected chi connectivity index (χ2v) is 12.5. The van der Waals surface area contributed by atoms with Crippen molar-refractivity contribution in [2.24, 2.45) is 11.8 Å². The third-order valence-electron chi connectivity index (χ3n) is 9.86. The Labute approximate surface area is 249 Å². The number of piperidine rings is 2. The van der Waals surface area contributed by atoms with Crippen LogP contribution in [-0.2, 0) is 20.9 Å². The van der Waals surface area contributed by atoms with Crippen LogP contribution in [0.2, 0.25) is 0 Å². The summed E-state index contributed by atoms with van der Waals surface area (Å²) in [5.41, 5.74) is 4.42. The molecule has 1 saturated carbocycles. The highest BCUT2D eigenvalue weighted by atomic mass is 16.2. The molecule has 0 radical (unpaired) electrons. The van der Waals surface area contributed by atoms with Gasteiger partial charge in [-0.2, -0.15) is 5.10 Å². The summed E-state index contributed by atoms with van der Waals surface area (Å²) in [4.78, 5) is 66.8. The molecule has 2 aromatic rings. The van der Waals surface area contributed by atoms with Crippen LogP contribution in [0.15, 0.2) is 41.7 Å². The van der Waals surface area contributed by atoms with Crippen LogP contribution >= 0.6 is 0 Å². The van der Waals surface area contributed by atoms with E-state index in [4.69, 9.17) is 0 Å². The number of fused-ring (bicyclic) bond motifs is 2. The van der Waals surface area contributed by atoms with Crippen molar-refractivity contribution in [3.05, 3.63) is 58.4 Å². The van der Waals surface area contributed by atoms with Crippen LogP contribution in [0.1, 0.15) is 90.6 Å². The van der Waals surface area contributed by atoms with Crippen molar-refractivity contribution < 1.29 is 24.0 Å². The fourth-order valence-corrected chi connectivity index (χ4v) is 7.30. The zero-order valence-electron chi connectivity index (χ0n) is 24.3. The highest BCUT2D eigenvalue weighted by molar-refractivity contribution is 6.25. The van der Waals surface area contributed by atoms with E-state index in [9.17, 15) is 24.0 Å². The predicted molar refractivity (Wildman–Crippen MR) is 156 cm³/mol. The van der Waals surface area contributed by atoms with Crippen LogP contribution < -0.4 is 10.6 Å². The third kappa shape index (κ3) is 4.94. The second-order valence-electron chi connectivity index (χ2n) is 12.5. The molecule has 1 aromatic heterocycles. The number of hydrogen-bond acceptors (Lipinski definition) is 7. The van der Waals surface area contributed by atoms with E-state index in [-0.39, 0.29) is 35.9 Å². The summed E-state index contributed by atoms with van der Waals surface area (Å²) in [5, 5.41) is 10.1. The molecule has 43 heavy (non-hydrogen) atoms. The molecule has 11 nitrogen and oxygen atoms in total. The van der Waals surface area contributed by atoms with Crippen LogP contribution in [0.3, 0.4) is 0 Å². The fourth-order valence-electron chi connectivity index (χ4n) is 7.30. The molecule has 3 fully saturated rings. The molecule has 224 valence electrons. The van der Waals surface area contributed by atoms with Crippen LogP contribution in [0, 0.1) is 11.8 Å². The van der Waals surface area contributed by atoms with Gasteiger partial charge in [0.15, 0.2) is 0 Å². The minimum atomic E-state index is -1.00. The molecule has 5 aliphatic rings. The van der Waals surface area contributed by atoms with Gasteiger partial charge in [-0.3, -0.25) is 38.9 Å². The van der Waals surface area contributed by atoms with Gasteiger partial charge in [0.1, 0.15) is 6.04 Å². The summed E-state index contributed by atoms with van der Waals surface area (Å²) >= 11 is 0. The molecular weight excluding hydrogens is 548 g/mol. The molecule has 2 saturated heterocycles. The Morgan fingerprint density at radius 2 is 1.88 bits per heavy atom. The van der Waals surface area contributed by atoms with Gasteiger partial charge in [0, 0.05) is 49.1 Å². The number of nitrogens with zero attached hydrogens (tertiary/aromatic N) is 4. The summed E-state index contributed by atoms with van der Waals surface area (Å²) in [5.74, 6) is -0.552. The second kappa shape index (κ2) is 10.8. The Morgan fingerprint density at radius 3 is 2.65 bits per heavy atom. The summed E-state index contributed by atoms with van der Waals surface area (Å²) in [7, 11) is 0. The maximum atomic E-state index is 13.4. The predicted octanol–water partition coefficient (Wildman–Crippen LogP) is 3.20. The van der Waals surface area contributed by atoms with Crippen molar-refractivity contribution >= 4 is 35.2 Å². The summed E-state index contributed by atoms with van der Waals surface area (Å²) in [6, 6.07) is 4.23. The van der Waals surface area contributed by atoms with Crippen molar-refractivity contribution in [3.63, 3.8) is 0 Å². The fraction of sp³-hybridized carbons (Fsp3) is 0.500. The van der Waals surface area contributed by atoms with Crippen LogP contribution in [0.5, 0.6) is 0 Å². The molecule has 2 N–H and O–H groups in total. The van der Waals surface area contributed by atoms with Gasteiger partial charge >= 0.3 is 0 Å². The lowest BCUT2D eigenvalue weighted by molar-refractivity contribution is -0.136. The van der Waals surface area contributed by atoms with E-state index in [1.54, 1.807) is 24.4 Å². The standard InChI is InChI=1S/C32H36N6O5/c1-2-18-12-20-14-23(20)24(13-18)30(41)36-10-8-21(9-11-36)37-17-19(16-34-37)15-33-25-5-3-4-22-28(25)32(43)38(31(22)42)26-6-7-27(39)35-29(26)40/h3-5,16-18,20-21,26,33H,2,6-15H2,1H3,(H,35,39,40). The number of benzene rings is 1. The lowest BCUT2D eigenvalue weighted by Gasteiger charge is -2.33. The van der Waals surface area contributed by atoms with E-state index in [2.05, 4.69) is 22.7 Å². The molecule has 3 unspecified atom stereocenters. The topological polar surface area (TPSA) is 134 Å². The molecule has 4 heterocycles. The first-order valence-electron chi connectivity index (χ1n) is 15.4. The number of anilines is 1. The number of allylic oxidation sites excluding steroid dienone is 1. The van der Waals surface area contributed by atoms with Crippen molar-refractivity contribution in [2.75, 3.05) is 18.4 Å². The quantitative estimate of drug-likeness (QED) is 0.478. The molecule has 11 heteroatoms. The summed E-state index contributed by atoms with van der Waals surface area (Å²) in [6.45, 7) is 4.07. The first-order chi connectivity index (χ1) is 20.8. The van der Waals surface area contributed by atoms with Gasteiger partial charge in [-0.15, -0.1) is 0 Å². The highest BCUT2D eigenvalue weighted by Crippen LogP contribution is 2.51. The van der Waals surface area contributed by atoms with E-state index in [0.29, 0.717) is 24.1 Å². The van der Waals surface area contributed by atoms with E-state index < -0.39 is 29.7 Å². The Hall–Kier alpha value is -4.28. The first kappa shape index (κ1) is 27.5. The van der Waals surface area contributed by atoms with Gasteiger partial charge in [-0.05, 0) is 62.5 Å². The molecule has 0 bridgehead atoms. The minimum absolute atomic E-state index is 0.0764. The first-order valence-corrected chi connectivity index (χ1v) is 15.4. The van der Waals surface area contributed by atoms with Crippen molar-refractivity contribution in [2.45, 2.75) is 76.9 Å². The molecule has 1 aromatic carbocycles. The number of aromatic nitrogens is 2. The molecule has 2 aliphatic carbocycles. The maximum absolute atomic E-state index is 13.4. The number of imide groups is 2. The van der Waals surface area contributed by atoms with Crippen molar-refractivity contribution in [3.8, 4) is 0 Å². The van der Waals surface area contributed by atoms with Gasteiger partial charge in [0.05, 0.1) is 23.4 Å². The Kier molecular flexibility index (Phi) is 6.90. The normalized spacial score (nSPS) is 25.6. The average Bonchev–Trinajstić information content (AvgIpc) is 3.57. The number of amides is 5. The Balaban J connectivity index is 0.971. The molecule has 0 spiro atoms. The maximum Gasteiger partial charge on any atom is 0.264 e. The molecule has 7 rings (SSSR count). The van der Waals surface area contributed by atoms with Crippen LogP contribution in [0.4, 0.5) is 5.69 Å². The average molecular weight is 585 g/mol. The number of carbonyl (C=O) groups is 5. The minimum Gasteiger partial charge on any atom is -0.380 e. The molecule has 3 aliphatic heterocycles. The van der Waals surface area contributed by atoms with Gasteiger partial charge in [-0.1, -0.05) is 25.0 Å². The van der Waals surface area contributed by atoms with Gasteiger partial charge in [0.2, 0.25) is 17.7 Å². The molecule has 3 atom stereocenters. The number of carbonyl (C=O) groups excluding carboxylic acids is 5. The smallest absolute Gasteiger partial charge is 0.264 e. The van der Waals surface area contributed by atoms with E-state index >= 15 is 0 Å². The van der Waals surface area contributed by atoms with E-state index in [1.807, 2.05) is 15.8 Å². The van der Waals surface area contributed by atoms with Gasteiger partial charge in [0.25, 0.3) is 11.8 Å². The van der Waals surface area contributed by atoms with Gasteiger partial charge < -0.3 is 10.2 Å². The number of rotatable bonds is 7. The SMILES string of the molecule is CCC1CC(C(=O)N2CCC(n3cc(CNc4cccc5c4C(=O)N(C4CCC(=O)NC4=O)C5=O)cn3)CC2)=C2CC2C1. The zero-order chi connectivity index (χ0) is 29.8. The molecule has 5 amide bonds. The van der Waals surface area contributed by atoms with Crippen molar-refractivity contribution in [1.82, 2.24) is 24.9 Å². The lowest BCUT2D eigenvalue weighted by Crippen LogP contribution is -2.54. The van der Waals surface area contributed by atoms with Crippen LogP contribution in [-0.4, -0.2) is 68.2 Å². The highest BCUT2D eigenvalue weighted by Gasteiger charge is 2.46. The van der Waals surface area contributed by atoms with Crippen LogP contribution in [0.25, 0.3) is 0 Å². The molecular formula is C32H36N6O5. The number of hydrogen-bond donors (Lipinski definition) is 2. The van der Waals surface area contributed by atoms with Crippen molar-refractivity contribution in [1.29, 1.82) is 0 Å². The monoisotopic (exact) mass is 584 g/mol. The van der Waals surface area contributed by atoms with Gasteiger partial charge in [-0.25, -0.2) is 0 Å². The zero-order valence-corrected chi connectivity index (χ0v) is 24.3. The Bertz CT molecular complexity index is 1570. The summed E-state index contributed by atoms with van der Waals surface area (Å²) in [6.07, 6.45) is 10.1.